The lowest BCUT2D eigenvalue weighted by atomic mass is 10.2. The second-order valence-electron chi connectivity index (χ2n) is 6.78. The molecule has 0 saturated heterocycles. The van der Waals surface area contributed by atoms with Crippen LogP contribution >= 0.6 is 22.9 Å². The fourth-order valence-corrected chi connectivity index (χ4v) is 5.29. The molecule has 164 valence electrons. The summed E-state index contributed by atoms with van der Waals surface area (Å²) in [6.07, 6.45) is 0. The molecule has 0 fully saturated rings. The topological polar surface area (TPSA) is 92.8 Å². The number of hydrogen-bond acceptors (Lipinski definition) is 6. The van der Waals surface area contributed by atoms with Crippen LogP contribution < -0.4 is 5.32 Å². The zero-order valence-electron chi connectivity index (χ0n) is 16.7. The lowest BCUT2D eigenvalue weighted by molar-refractivity contribution is -0.119. The van der Waals surface area contributed by atoms with Crippen LogP contribution in [0.15, 0.2) is 41.3 Å². The highest BCUT2D eigenvalue weighted by atomic mass is 35.5. The SMILES string of the molecule is Cc1ccc(NC(=O)COC(=O)c2sc3cc(F)ccc3c2Cl)cc1S(=O)(=O)N(C)C. The van der Waals surface area contributed by atoms with Crippen LogP contribution in [-0.2, 0) is 19.6 Å². The largest absolute Gasteiger partial charge is 0.451 e. The molecule has 0 atom stereocenters. The van der Waals surface area contributed by atoms with Crippen LogP contribution in [0.25, 0.3) is 10.1 Å². The van der Waals surface area contributed by atoms with Crippen LogP contribution in [0.1, 0.15) is 15.2 Å². The fraction of sp³-hybridized carbons (Fsp3) is 0.200. The smallest absolute Gasteiger partial charge is 0.350 e. The van der Waals surface area contributed by atoms with Gasteiger partial charge in [-0.25, -0.2) is 21.9 Å². The van der Waals surface area contributed by atoms with Gasteiger partial charge in [0, 0.05) is 29.9 Å². The van der Waals surface area contributed by atoms with Gasteiger partial charge in [-0.15, -0.1) is 11.3 Å². The van der Waals surface area contributed by atoms with Crippen molar-refractivity contribution >= 4 is 60.6 Å². The van der Waals surface area contributed by atoms with Crippen LogP contribution in [0.4, 0.5) is 10.1 Å². The summed E-state index contributed by atoms with van der Waals surface area (Å²) in [5, 5.41) is 3.14. The first-order chi connectivity index (χ1) is 14.5. The first-order valence-corrected chi connectivity index (χ1v) is 11.5. The number of nitrogens with one attached hydrogen (secondary N) is 1. The van der Waals surface area contributed by atoms with Crippen LogP contribution in [0.2, 0.25) is 5.02 Å². The molecule has 1 heterocycles. The first-order valence-electron chi connectivity index (χ1n) is 8.88. The van der Waals surface area contributed by atoms with Crippen molar-refractivity contribution in [3.05, 3.63) is 57.7 Å². The fourth-order valence-electron chi connectivity index (χ4n) is 2.72. The van der Waals surface area contributed by atoms with Crippen LogP contribution in [0.5, 0.6) is 0 Å². The van der Waals surface area contributed by atoms with E-state index >= 15 is 0 Å². The van der Waals surface area contributed by atoms with Crippen molar-refractivity contribution in [2.45, 2.75) is 11.8 Å². The number of amides is 1. The number of esters is 1. The van der Waals surface area contributed by atoms with Gasteiger partial charge in [0.05, 0.1) is 9.92 Å². The van der Waals surface area contributed by atoms with E-state index in [1.54, 1.807) is 19.1 Å². The molecular formula is C20H18ClFN2O5S2. The Balaban J connectivity index is 1.70. The maximum Gasteiger partial charge on any atom is 0.350 e. The standard InChI is InChI=1S/C20H18ClFN2O5S2/c1-11-4-6-13(9-16(11)31(27,28)24(2)3)23-17(25)10-29-20(26)19-18(21)14-7-5-12(22)8-15(14)30-19/h4-9H,10H2,1-3H3,(H,23,25). The van der Waals surface area contributed by atoms with Gasteiger partial charge in [-0.3, -0.25) is 4.79 Å². The van der Waals surface area contributed by atoms with Gasteiger partial charge in [-0.05, 0) is 42.8 Å². The number of aryl methyl sites for hydroxylation is 1. The van der Waals surface area contributed by atoms with Crippen molar-refractivity contribution in [3.8, 4) is 0 Å². The number of benzene rings is 2. The predicted molar refractivity (Wildman–Crippen MR) is 118 cm³/mol. The van der Waals surface area contributed by atoms with E-state index in [1.807, 2.05) is 0 Å². The quantitative estimate of drug-likeness (QED) is 0.533. The van der Waals surface area contributed by atoms with Crippen molar-refractivity contribution in [2.75, 3.05) is 26.0 Å². The van der Waals surface area contributed by atoms with Crippen molar-refractivity contribution in [3.63, 3.8) is 0 Å². The number of halogens is 2. The molecule has 0 saturated carbocycles. The Labute approximate surface area is 187 Å². The number of nitrogens with zero attached hydrogens (tertiary/aromatic N) is 1. The molecule has 0 aliphatic rings. The first kappa shape index (κ1) is 23.1. The molecule has 31 heavy (non-hydrogen) atoms. The number of fused-ring (bicyclic) bond motifs is 1. The Morgan fingerprint density at radius 2 is 1.90 bits per heavy atom. The molecule has 0 bridgehead atoms. The van der Waals surface area contributed by atoms with Crippen molar-refractivity contribution in [1.82, 2.24) is 4.31 Å². The van der Waals surface area contributed by atoms with E-state index in [0.29, 0.717) is 15.6 Å². The molecule has 0 radical (unpaired) electrons. The number of anilines is 1. The number of sulfonamides is 1. The molecule has 3 rings (SSSR count). The third-order valence-electron chi connectivity index (χ3n) is 4.34. The normalized spacial score (nSPS) is 11.7. The Morgan fingerprint density at radius 3 is 2.58 bits per heavy atom. The second kappa shape index (κ2) is 8.91. The minimum atomic E-state index is -3.69. The molecule has 2 aromatic carbocycles. The Bertz CT molecular complexity index is 1290. The number of rotatable bonds is 6. The van der Waals surface area contributed by atoms with Gasteiger partial charge in [0.15, 0.2) is 6.61 Å². The second-order valence-corrected chi connectivity index (χ2v) is 10.3. The molecule has 3 aromatic rings. The van der Waals surface area contributed by atoms with E-state index in [4.69, 9.17) is 16.3 Å². The Morgan fingerprint density at radius 1 is 1.19 bits per heavy atom. The molecule has 11 heteroatoms. The summed E-state index contributed by atoms with van der Waals surface area (Å²) in [6, 6.07) is 8.39. The van der Waals surface area contributed by atoms with E-state index in [0.717, 1.165) is 15.6 Å². The van der Waals surface area contributed by atoms with E-state index in [9.17, 15) is 22.4 Å². The van der Waals surface area contributed by atoms with Gasteiger partial charge in [0.2, 0.25) is 10.0 Å². The van der Waals surface area contributed by atoms with Gasteiger partial charge in [-0.2, -0.15) is 0 Å². The van der Waals surface area contributed by atoms with Gasteiger partial charge < -0.3 is 10.1 Å². The highest BCUT2D eigenvalue weighted by molar-refractivity contribution is 7.89. The number of thiophene rings is 1. The van der Waals surface area contributed by atoms with Gasteiger partial charge in [0.25, 0.3) is 5.91 Å². The predicted octanol–water partition coefficient (Wildman–Crippen LogP) is 4.05. The van der Waals surface area contributed by atoms with E-state index in [1.165, 1.54) is 38.4 Å². The van der Waals surface area contributed by atoms with Crippen LogP contribution in [0, 0.1) is 12.7 Å². The van der Waals surface area contributed by atoms with Gasteiger partial charge in [-0.1, -0.05) is 17.7 Å². The average molecular weight is 485 g/mol. The highest BCUT2D eigenvalue weighted by Crippen LogP contribution is 2.36. The van der Waals surface area contributed by atoms with E-state index in [-0.39, 0.29) is 20.5 Å². The van der Waals surface area contributed by atoms with Crippen molar-refractivity contribution < 1.29 is 27.1 Å². The Hall–Kier alpha value is -2.53. The number of carbonyl (C=O) groups is 2. The minimum Gasteiger partial charge on any atom is -0.451 e. The van der Waals surface area contributed by atoms with Gasteiger partial charge in [0.1, 0.15) is 10.7 Å². The summed E-state index contributed by atoms with van der Waals surface area (Å²) in [6.45, 7) is 1.03. The summed E-state index contributed by atoms with van der Waals surface area (Å²) in [4.78, 5) is 24.6. The molecule has 7 nitrogen and oxygen atoms in total. The highest BCUT2D eigenvalue weighted by Gasteiger charge is 2.22. The molecule has 0 unspecified atom stereocenters. The maximum atomic E-state index is 13.4. The van der Waals surface area contributed by atoms with Crippen LogP contribution in [0.3, 0.4) is 0 Å². The number of carbonyl (C=O) groups excluding carboxylic acids is 2. The minimum absolute atomic E-state index is 0.0524. The summed E-state index contributed by atoms with van der Waals surface area (Å²) < 4.78 is 44.7. The molecule has 0 aliphatic carbocycles. The average Bonchev–Trinajstić information content (AvgIpc) is 3.03. The summed E-state index contributed by atoms with van der Waals surface area (Å²) in [7, 11) is -0.872. The zero-order valence-corrected chi connectivity index (χ0v) is 19.1. The number of hydrogen-bond donors (Lipinski definition) is 1. The molecule has 1 N–H and O–H groups in total. The van der Waals surface area contributed by atoms with Crippen LogP contribution in [-0.4, -0.2) is 45.3 Å². The van der Waals surface area contributed by atoms with Gasteiger partial charge >= 0.3 is 5.97 Å². The monoisotopic (exact) mass is 484 g/mol. The van der Waals surface area contributed by atoms with Crippen molar-refractivity contribution in [1.29, 1.82) is 0 Å². The van der Waals surface area contributed by atoms with E-state index in [2.05, 4.69) is 5.32 Å². The lowest BCUT2D eigenvalue weighted by Gasteiger charge is -2.15. The lowest BCUT2D eigenvalue weighted by Crippen LogP contribution is -2.24. The molecule has 1 amide bonds. The number of ether oxygens (including phenoxy) is 1. The third kappa shape index (κ3) is 4.87. The van der Waals surface area contributed by atoms with Crippen molar-refractivity contribution in [2.24, 2.45) is 0 Å². The Kier molecular flexibility index (Phi) is 6.65. The molecule has 0 spiro atoms. The molecule has 0 aliphatic heterocycles. The summed E-state index contributed by atoms with van der Waals surface area (Å²) in [5.74, 6) is -1.94. The third-order valence-corrected chi connectivity index (χ3v) is 7.94. The zero-order chi connectivity index (χ0) is 22.9. The molecule has 1 aromatic heterocycles. The van der Waals surface area contributed by atoms with E-state index < -0.39 is 34.3 Å². The molecular weight excluding hydrogens is 467 g/mol. The summed E-state index contributed by atoms with van der Waals surface area (Å²) in [5.41, 5.74) is 0.761. The summed E-state index contributed by atoms with van der Waals surface area (Å²) >= 11 is 7.14. The maximum absolute atomic E-state index is 13.4.